The molecule has 1 unspecified atom stereocenters. The molecule has 2 aliphatic rings. The van der Waals surface area contributed by atoms with Gasteiger partial charge in [-0.2, -0.15) is 5.26 Å². The molecule has 0 aromatic rings. The lowest BCUT2D eigenvalue weighted by molar-refractivity contribution is 0.315. The van der Waals surface area contributed by atoms with E-state index in [1.807, 2.05) is 0 Å². The van der Waals surface area contributed by atoms with Gasteiger partial charge >= 0.3 is 0 Å². The summed E-state index contributed by atoms with van der Waals surface area (Å²) in [7, 11) is 0. The Labute approximate surface area is 111 Å². The van der Waals surface area contributed by atoms with Crippen LogP contribution >= 0.6 is 0 Å². The Morgan fingerprint density at radius 1 is 1.33 bits per heavy atom. The van der Waals surface area contributed by atoms with Crippen molar-refractivity contribution in [3.05, 3.63) is 34.4 Å². The van der Waals surface area contributed by atoms with Crippen molar-refractivity contribution in [1.29, 1.82) is 5.26 Å². The monoisotopic (exact) mass is 241 g/mol. The van der Waals surface area contributed by atoms with Gasteiger partial charge in [0.25, 0.3) is 0 Å². The molecule has 0 saturated carbocycles. The van der Waals surface area contributed by atoms with Gasteiger partial charge in [0.1, 0.15) is 0 Å². The highest BCUT2D eigenvalue weighted by Crippen LogP contribution is 2.50. The van der Waals surface area contributed by atoms with Crippen molar-refractivity contribution in [2.75, 3.05) is 0 Å². The van der Waals surface area contributed by atoms with E-state index in [1.54, 1.807) is 11.6 Å². The Morgan fingerprint density at radius 3 is 2.61 bits per heavy atom. The predicted octanol–water partition coefficient (Wildman–Crippen LogP) is 4.93. The quantitative estimate of drug-likeness (QED) is 0.597. The van der Waals surface area contributed by atoms with Crippen molar-refractivity contribution in [3.8, 4) is 6.07 Å². The van der Waals surface area contributed by atoms with E-state index in [1.165, 1.54) is 36.0 Å². The molecule has 0 aliphatic heterocycles. The molecule has 1 heteroatoms. The summed E-state index contributed by atoms with van der Waals surface area (Å²) in [5.41, 5.74) is 5.99. The minimum atomic E-state index is 0.343. The second kappa shape index (κ2) is 4.76. The molecule has 0 heterocycles. The molecule has 1 nitrogen and oxygen atoms in total. The first-order valence-corrected chi connectivity index (χ1v) is 6.99. The molecule has 0 saturated heterocycles. The fourth-order valence-corrected chi connectivity index (χ4v) is 3.29. The summed E-state index contributed by atoms with van der Waals surface area (Å²) in [6.07, 6.45) is 8.92. The fourth-order valence-electron chi connectivity index (χ4n) is 3.29. The molecule has 96 valence electrons. The van der Waals surface area contributed by atoms with Crippen LogP contribution in [0, 0.1) is 22.7 Å². The number of nitriles is 1. The van der Waals surface area contributed by atoms with Gasteiger partial charge in [-0.05, 0) is 60.7 Å². The van der Waals surface area contributed by atoms with Crippen LogP contribution < -0.4 is 0 Å². The van der Waals surface area contributed by atoms with Crippen LogP contribution in [0.3, 0.4) is 0 Å². The van der Waals surface area contributed by atoms with E-state index in [0.29, 0.717) is 11.3 Å². The zero-order valence-corrected chi connectivity index (χ0v) is 12.0. The third-order valence-electron chi connectivity index (χ3n) is 4.76. The van der Waals surface area contributed by atoms with Crippen molar-refractivity contribution in [2.45, 2.75) is 53.4 Å². The summed E-state index contributed by atoms with van der Waals surface area (Å²) in [6, 6.07) is 2.19. The van der Waals surface area contributed by atoms with Gasteiger partial charge in [-0.1, -0.05) is 32.4 Å². The Kier molecular flexibility index (Phi) is 3.48. The third kappa shape index (κ3) is 2.17. The molecule has 2 aliphatic carbocycles. The molecule has 0 radical (unpaired) electrons. The minimum absolute atomic E-state index is 0.343. The topological polar surface area (TPSA) is 23.8 Å². The Morgan fingerprint density at radius 2 is 2.00 bits per heavy atom. The van der Waals surface area contributed by atoms with Gasteiger partial charge in [-0.25, -0.2) is 0 Å². The van der Waals surface area contributed by atoms with Crippen LogP contribution in [0.25, 0.3) is 0 Å². The molecule has 0 aromatic carbocycles. The van der Waals surface area contributed by atoms with Crippen LogP contribution in [0.15, 0.2) is 34.4 Å². The normalized spacial score (nSPS) is 30.2. The number of rotatable bonds is 1. The maximum Gasteiger partial charge on any atom is 0.0915 e. The summed E-state index contributed by atoms with van der Waals surface area (Å²) < 4.78 is 0. The second-order valence-corrected chi connectivity index (χ2v) is 6.27. The molecular weight excluding hydrogens is 218 g/mol. The van der Waals surface area contributed by atoms with E-state index >= 15 is 0 Å². The maximum atomic E-state index is 8.87. The lowest BCUT2D eigenvalue weighted by Gasteiger charge is -2.41. The van der Waals surface area contributed by atoms with Crippen molar-refractivity contribution in [1.82, 2.24) is 0 Å². The first kappa shape index (κ1) is 13.1. The number of fused-ring (bicyclic) bond motifs is 1. The predicted molar refractivity (Wildman–Crippen MR) is 75.9 cm³/mol. The largest absolute Gasteiger partial charge is 0.193 e. The summed E-state index contributed by atoms with van der Waals surface area (Å²) in [5.74, 6) is 0.639. The molecule has 18 heavy (non-hydrogen) atoms. The molecular formula is C17H23N. The van der Waals surface area contributed by atoms with E-state index < -0.39 is 0 Å². The van der Waals surface area contributed by atoms with Gasteiger partial charge in [0.2, 0.25) is 0 Å². The second-order valence-electron chi connectivity index (χ2n) is 6.27. The lowest BCUT2D eigenvalue weighted by Crippen LogP contribution is -2.27. The summed E-state index contributed by atoms with van der Waals surface area (Å²) >= 11 is 0. The van der Waals surface area contributed by atoms with Gasteiger partial charge in [0.05, 0.1) is 6.07 Å². The van der Waals surface area contributed by atoms with Gasteiger partial charge in [-0.15, -0.1) is 0 Å². The smallest absolute Gasteiger partial charge is 0.0915 e. The van der Waals surface area contributed by atoms with Crippen LogP contribution in [-0.4, -0.2) is 0 Å². The van der Waals surface area contributed by atoms with Crippen molar-refractivity contribution in [2.24, 2.45) is 11.3 Å². The van der Waals surface area contributed by atoms with Gasteiger partial charge in [-0.3, -0.25) is 0 Å². The first-order chi connectivity index (χ1) is 8.48. The van der Waals surface area contributed by atoms with Crippen LogP contribution in [0.5, 0.6) is 0 Å². The molecule has 2 rings (SSSR count). The van der Waals surface area contributed by atoms with Crippen molar-refractivity contribution in [3.63, 3.8) is 0 Å². The molecule has 0 bridgehead atoms. The highest BCUT2D eigenvalue weighted by atomic mass is 14.4. The van der Waals surface area contributed by atoms with E-state index in [4.69, 9.17) is 5.26 Å². The van der Waals surface area contributed by atoms with Crippen molar-refractivity contribution < 1.29 is 0 Å². The van der Waals surface area contributed by atoms with Crippen molar-refractivity contribution >= 4 is 0 Å². The summed E-state index contributed by atoms with van der Waals surface area (Å²) in [5, 5.41) is 8.87. The fraction of sp³-hybridized carbons (Fsp3) is 0.588. The zero-order valence-electron chi connectivity index (χ0n) is 12.0. The average Bonchev–Trinajstić information content (AvgIpc) is 2.33. The number of hydrogen-bond donors (Lipinski definition) is 0. The summed E-state index contributed by atoms with van der Waals surface area (Å²) in [4.78, 5) is 0. The van der Waals surface area contributed by atoms with E-state index in [-0.39, 0.29) is 0 Å². The molecule has 0 aromatic heterocycles. The Hall–Kier alpha value is -1.29. The SMILES string of the molecule is CC1=C2C=C(C(C)C)CCC2(C)CCC1=CC#N. The van der Waals surface area contributed by atoms with E-state index in [0.717, 1.165) is 6.42 Å². The summed E-state index contributed by atoms with van der Waals surface area (Å²) in [6.45, 7) is 9.14. The molecule has 0 N–H and O–H groups in total. The van der Waals surface area contributed by atoms with Gasteiger partial charge in [0.15, 0.2) is 0 Å². The van der Waals surface area contributed by atoms with E-state index in [2.05, 4.69) is 39.8 Å². The first-order valence-electron chi connectivity index (χ1n) is 6.99. The number of allylic oxidation sites excluding steroid dienone is 6. The minimum Gasteiger partial charge on any atom is -0.193 e. The standard InChI is InChI=1S/C17H23N/c1-12(2)15-6-9-17(4)8-5-14(7-10-18)13(3)16(17)11-15/h7,11-12H,5-6,8-9H2,1-4H3. The van der Waals surface area contributed by atoms with E-state index in [9.17, 15) is 0 Å². The maximum absolute atomic E-state index is 8.87. The van der Waals surface area contributed by atoms with Crippen LogP contribution in [0.4, 0.5) is 0 Å². The van der Waals surface area contributed by atoms with Gasteiger partial charge in [0, 0.05) is 6.08 Å². The highest BCUT2D eigenvalue weighted by molar-refractivity contribution is 5.49. The zero-order chi connectivity index (χ0) is 13.3. The molecule has 0 spiro atoms. The molecule has 0 amide bonds. The molecule has 1 atom stereocenters. The Balaban J connectivity index is 2.51. The average molecular weight is 241 g/mol. The lowest BCUT2D eigenvalue weighted by atomic mass is 9.63. The Bertz CT molecular complexity index is 482. The number of nitrogens with zero attached hydrogens (tertiary/aromatic N) is 1. The van der Waals surface area contributed by atoms with Gasteiger partial charge < -0.3 is 0 Å². The van der Waals surface area contributed by atoms with Crippen LogP contribution in [-0.2, 0) is 0 Å². The third-order valence-corrected chi connectivity index (χ3v) is 4.76. The number of hydrogen-bond acceptors (Lipinski definition) is 1. The van der Waals surface area contributed by atoms with Crippen LogP contribution in [0.1, 0.15) is 53.4 Å². The van der Waals surface area contributed by atoms with Crippen LogP contribution in [0.2, 0.25) is 0 Å². The highest BCUT2D eigenvalue weighted by Gasteiger charge is 2.36. The molecule has 0 fully saturated rings.